The Morgan fingerprint density at radius 3 is 2.89 bits per heavy atom. The summed E-state index contributed by atoms with van der Waals surface area (Å²) >= 11 is 1.57. The molecule has 2 aromatic rings. The van der Waals surface area contributed by atoms with Crippen LogP contribution in [0.1, 0.15) is 32.1 Å². The van der Waals surface area contributed by atoms with Gasteiger partial charge in [0.1, 0.15) is 5.69 Å². The molecule has 0 amide bonds. The molecule has 1 fully saturated rings. The SMILES string of the molecule is c1ccc(-c2nnc(NCCC3CCCC3)s2)nc1. The summed E-state index contributed by atoms with van der Waals surface area (Å²) < 4.78 is 0. The Morgan fingerprint density at radius 2 is 2.11 bits per heavy atom. The fourth-order valence-corrected chi connectivity index (χ4v) is 3.32. The fourth-order valence-electron chi connectivity index (χ4n) is 2.57. The molecule has 100 valence electrons. The van der Waals surface area contributed by atoms with E-state index in [-0.39, 0.29) is 0 Å². The summed E-state index contributed by atoms with van der Waals surface area (Å²) in [6.07, 6.45) is 8.65. The van der Waals surface area contributed by atoms with E-state index in [0.29, 0.717) is 0 Å². The van der Waals surface area contributed by atoms with Crippen molar-refractivity contribution in [2.75, 3.05) is 11.9 Å². The Hall–Kier alpha value is -1.49. The van der Waals surface area contributed by atoms with Gasteiger partial charge in [-0.3, -0.25) is 4.98 Å². The number of pyridine rings is 1. The van der Waals surface area contributed by atoms with Crippen molar-refractivity contribution in [3.63, 3.8) is 0 Å². The van der Waals surface area contributed by atoms with E-state index >= 15 is 0 Å². The van der Waals surface area contributed by atoms with Crippen molar-refractivity contribution >= 4 is 16.5 Å². The summed E-state index contributed by atoms with van der Waals surface area (Å²) in [6, 6.07) is 5.84. The molecule has 0 radical (unpaired) electrons. The van der Waals surface area contributed by atoms with Gasteiger partial charge in [0, 0.05) is 12.7 Å². The quantitative estimate of drug-likeness (QED) is 0.905. The van der Waals surface area contributed by atoms with Crippen molar-refractivity contribution in [1.29, 1.82) is 0 Å². The van der Waals surface area contributed by atoms with Crippen LogP contribution in [0.15, 0.2) is 24.4 Å². The van der Waals surface area contributed by atoms with Crippen molar-refractivity contribution in [2.45, 2.75) is 32.1 Å². The molecule has 1 saturated carbocycles. The standard InChI is InChI=1S/C14H18N4S/c1-2-6-11(5-1)8-10-16-14-18-17-13(19-14)12-7-3-4-9-15-12/h3-4,7,9,11H,1-2,5-6,8,10H2,(H,16,18). The average Bonchev–Trinajstić information content (AvgIpc) is 3.11. The van der Waals surface area contributed by atoms with Crippen LogP contribution in [0.4, 0.5) is 5.13 Å². The minimum atomic E-state index is 0.879. The molecule has 0 unspecified atom stereocenters. The normalized spacial score (nSPS) is 15.8. The third-order valence-corrected chi connectivity index (χ3v) is 4.52. The van der Waals surface area contributed by atoms with Gasteiger partial charge in [-0.2, -0.15) is 0 Å². The van der Waals surface area contributed by atoms with Crippen LogP contribution < -0.4 is 5.32 Å². The molecule has 2 aromatic heterocycles. The molecule has 1 aliphatic carbocycles. The Balaban J connectivity index is 1.53. The van der Waals surface area contributed by atoms with Gasteiger partial charge in [0.25, 0.3) is 0 Å². The van der Waals surface area contributed by atoms with Crippen LogP contribution in [-0.4, -0.2) is 21.7 Å². The molecule has 1 aliphatic rings. The monoisotopic (exact) mass is 274 g/mol. The zero-order valence-corrected chi connectivity index (χ0v) is 11.7. The van der Waals surface area contributed by atoms with Crippen LogP contribution in [0.5, 0.6) is 0 Å². The summed E-state index contributed by atoms with van der Waals surface area (Å²) in [5.74, 6) is 0.913. The predicted octanol–water partition coefficient (Wildman–Crippen LogP) is 3.59. The molecule has 0 spiro atoms. The highest BCUT2D eigenvalue weighted by molar-refractivity contribution is 7.18. The smallest absolute Gasteiger partial charge is 0.206 e. The number of anilines is 1. The highest BCUT2D eigenvalue weighted by atomic mass is 32.1. The zero-order valence-electron chi connectivity index (χ0n) is 10.9. The Kier molecular flexibility index (Phi) is 4.03. The second-order valence-corrected chi connectivity index (χ2v) is 5.97. The molecule has 0 saturated heterocycles. The van der Waals surface area contributed by atoms with E-state index in [0.717, 1.165) is 28.3 Å². The highest BCUT2D eigenvalue weighted by Crippen LogP contribution is 2.28. The lowest BCUT2D eigenvalue weighted by molar-refractivity contribution is 0.518. The van der Waals surface area contributed by atoms with E-state index < -0.39 is 0 Å². The number of hydrogen-bond acceptors (Lipinski definition) is 5. The van der Waals surface area contributed by atoms with Crippen LogP contribution >= 0.6 is 11.3 Å². The zero-order chi connectivity index (χ0) is 12.9. The Morgan fingerprint density at radius 1 is 1.21 bits per heavy atom. The molecule has 3 rings (SSSR count). The van der Waals surface area contributed by atoms with Crippen molar-refractivity contribution in [1.82, 2.24) is 15.2 Å². The Labute approximate surface area is 117 Å². The molecule has 0 atom stereocenters. The topological polar surface area (TPSA) is 50.7 Å². The lowest BCUT2D eigenvalue weighted by atomic mass is 10.0. The first-order chi connectivity index (χ1) is 9.42. The summed E-state index contributed by atoms with van der Waals surface area (Å²) in [5, 5.41) is 13.5. The lowest BCUT2D eigenvalue weighted by Crippen LogP contribution is -2.06. The third kappa shape index (κ3) is 3.29. The van der Waals surface area contributed by atoms with Gasteiger partial charge in [-0.1, -0.05) is 43.1 Å². The van der Waals surface area contributed by atoms with E-state index in [9.17, 15) is 0 Å². The van der Waals surface area contributed by atoms with Crippen molar-refractivity contribution < 1.29 is 0 Å². The van der Waals surface area contributed by atoms with Gasteiger partial charge in [0.2, 0.25) is 5.13 Å². The number of nitrogens with zero attached hydrogens (tertiary/aromatic N) is 3. The molecule has 0 aliphatic heterocycles. The minimum Gasteiger partial charge on any atom is -0.360 e. The molecular formula is C14H18N4S. The predicted molar refractivity (Wildman–Crippen MR) is 78.2 cm³/mol. The largest absolute Gasteiger partial charge is 0.360 e. The highest BCUT2D eigenvalue weighted by Gasteiger charge is 2.14. The van der Waals surface area contributed by atoms with Gasteiger partial charge >= 0.3 is 0 Å². The molecule has 0 aromatic carbocycles. The molecule has 0 bridgehead atoms. The van der Waals surface area contributed by atoms with Crippen LogP contribution in [-0.2, 0) is 0 Å². The first kappa shape index (κ1) is 12.5. The number of nitrogens with one attached hydrogen (secondary N) is 1. The average molecular weight is 274 g/mol. The van der Waals surface area contributed by atoms with Gasteiger partial charge in [-0.15, -0.1) is 10.2 Å². The molecule has 2 heterocycles. The fraction of sp³-hybridized carbons (Fsp3) is 0.500. The van der Waals surface area contributed by atoms with Gasteiger partial charge in [0.05, 0.1) is 0 Å². The van der Waals surface area contributed by atoms with Gasteiger partial charge in [0.15, 0.2) is 5.01 Å². The molecule has 1 N–H and O–H groups in total. The second kappa shape index (κ2) is 6.10. The summed E-state index contributed by atoms with van der Waals surface area (Å²) in [4.78, 5) is 4.29. The summed E-state index contributed by atoms with van der Waals surface area (Å²) in [5.41, 5.74) is 0.892. The van der Waals surface area contributed by atoms with E-state index in [1.165, 1.54) is 32.1 Å². The van der Waals surface area contributed by atoms with Crippen LogP contribution in [0, 0.1) is 5.92 Å². The van der Waals surface area contributed by atoms with E-state index in [2.05, 4.69) is 20.5 Å². The third-order valence-electron chi connectivity index (χ3n) is 3.61. The van der Waals surface area contributed by atoms with Crippen LogP contribution in [0.25, 0.3) is 10.7 Å². The minimum absolute atomic E-state index is 0.879. The van der Waals surface area contributed by atoms with Gasteiger partial charge in [-0.25, -0.2) is 0 Å². The molecular weight excluding hydrogens is 256 g/mol. The number of hydrogen-bond donors (Lipinski definition) is 1. The first-order valence-electron chi connectivity index (χ1n) is 6.90. The van der Waals surface area contributed by atoms with Gasteiger partial charge in [-0.05, 0) is 24.5 Å². The summed E-state index contributed by atoms with van der Waals surface area (Å²) in [6.45, 7) is 1.00. The van der Waals surface area contributed by atoms with Crippen LogP contribution in [0.3, 0.4) is 0 Å². The molecule has 19 heavy (non-hydrogen) atoms. The lowest BCUT2D eigenvalue weighted by Gasteiger charge is -2.08. The maximum atomic E-state index is 4.29. The Bertz CT molecular complexity index is 505. The van der Waals surface area contributed by atoms with Gasteiger partial charge < -0.3 is 5.32 Å². The first-order valence-corrected chi connectivity index (χ1v) is 7.72. The molecule has 4 nitrogen and oxygen atoms in total. The molecule has 5 heteroatoms. The maximum absolute atomic E-state index is 4.29. The van der Waals surface area contributed by atoms with E-state index in [1.54, 1.807) is 17.5 Å². The van der Waals surface area contributed by atoms with E-state index in [4.69, 9.17) is 0 Å². The second-order valence-electron chi connectivity index (χ2n) is 4.99. The number of rotatable bonds is 5. The number of aromatic nitrogens is 3. The van der Waals surface area contributed by atoms with Crippen molar-refractivity contribution in [3.8, 4) is 10.7 Å². The summed E-state index contributed by atoms with van der Waals surface area (Å²) in [7, 11) is 0. The van der Waals surface area contributed by atoms with Crippen molar-refractivity contribution in [3.05, 3.63) is 24.4 Å². The maximum Gasteiger partial charge on any atom is 0.206 e. The van der Waals surface area contributed by atoms with Crippen LogP contribution in [0.2, 0.25) is 0 Å². The van der Waals surface area contributed by atoms with Crippen molar-refractivity contribution in [2.24, 2.45) is 5.92 Å². The van der Waals surface area contributed by atoms with E-state index in [1.807, 2.05) is 18.2 Å².